The highest BCUT2D eigenvalue weighted by atomic mass is 16.3. The first-order chi connectivity index (χ1) is 10.4. The summed E-state index contributed by atoms with van der Waals surface area (Å²) in [5, 5.41) is 31.1. The van der Waals surface area contributed by atoms with E-state index in [1.165, 1.54) is 0 Å². The maximum Gasteiger partial charge on any atom is 0.0922 e. The largest absolute Gasteiger partial charge is 0.512 e. The summed E-state index contributed by atoms with van der Waals surface area (Å²) in [4.78, 5) is 0. The Balaban J connectivity index is 1.76. The third-order valence-electron chi connectivity index (χ3n) is 7.70. The molecule has 3 N–H and O–H groups in total. The monoisotopic (exact) mass is 304 g/mol. The summed E-state index contributed by atoms with van der Waals surface area (Å²) in [5.74, 6) is 1.74. The molecule has 4 aliphatic carbocycles. The molecule has 3 heteroatoms. The number of aliphatic hydroxyl groups is 3. The number of hydrogen-bond donors (Lipinski definition) is 3. The van der Waals surface area contributed by atoms with Gasteiger partial charge >= 0.3 is 0 Å². The van der Waals surface area contributed by atoms with E-state index in [0.717, 1.165) is 25.7 Å². The van der Waals surface area contributed by atoms with Crippen LogP contribution in [0.25, 0.3) is 0 Å². The van der Waals surface area contributed by atoms with Gasteiger partial charge in [-0.05, 0) is 66.8 Å². The summed E-state index contributed by atoms with van der Waals surface area (Å²) >= 11 is 0. The third kappa shape index (κ3) is 1.75. The van der Waals surface area contributed by atoms with Crippen LogP contribution in [0, 0.1) is 34.5 Å². The van der Waals surface area contributed by atoms with E-state index >= 15 is 0 Å². The summed E-state index contributed by atoms with van der Waals surface area (Å²) in [7, 11) is 0. The predicted octanol–water partition coefficient (Wildman–Crippen LogP) is 3.19. The van der Waals surface area contributed by atoms with E-state index in [0.29, 0.717) is 24.0 Å². The molecule has 4 aliphatic rings. The minimum absolute atomic E-state index is 0.0327. The number of fused-ring (bicyclic) bond motifs is 5. The van der Waals surface area contributed by atoms with Crippen molar-refractivity contribution in [3.8, 4) is 0 Å². The van der Waals surface area contributed by atoms with Gasteiger partial charge in [0.25, 0.3) is 0 Å². The Morgan fingerprint density at radius 1 is 1.09 bits per heavy atom. The lowest BCUT2D eigenvalue weighted by molar-refractivity contribution is -0.0752. The smallest absolute Gasteiger partial charge is 0.0922 e. The Bertz CT molecular complexity index is 539. The average Bonchev–Trinajstić information content (AvgIpc) is 2.77. The second-order valence-corrected chi connectivity index (χ2v) is 8.60. The van der Waals surface area contributed by atoms with Crippen molar-refractivity contribution in [2.75, 3.05) is 0 Å². The minimum Gasteiger partial charge on any atom is -0.512 e. The Hall–Kier alpha value is -0.800. The van der Waals surface area contributed by atoms with Gasteiger partial charge in [-0.15, -0.1) is 0 Å². The summed E-state index contributed by atoms with van der Waals surface area (Å²) in [6.45, 7) is 4.52. The fourth-order valence-electron chi connectivity index (χ4n) is 6.22. The lowest BCUT2D eigenvalue weighted by atomic mass is 9.48. The summed E-state index contributed by atoms with van der Waals surface area (Å²) in [5.41, 5.74) is -0.00488. The topological polar surface area (TPSA) is 60.7 Å². The van der Waals surface area contributed by atoms with Gasteiger partial charge in [0.1, 0.15) is 0 Å². The second-order valence-electron chi connectivity index (χ2n) is 8.60. The van der Waals surface area contributed by atoms with Crippen molar-refractivity contribution < 1.29 is 15.3 Å². The van der Waals surface area contributed by atoms with Crippen LogP contribution in [0.4, 0.5) is 0 Å². The molecule has 2 saturated carbocycles. The number of aliphatic hydroxyl groups excluding tert-OH is 3. The number of hydrogen-bond acceptors (Lipinski definition) is 3. The van der Waals surface area contributed by atoms with Crippen molar-refractivity contribution in [2.45, 2.75) is 58.2 Å². The molecule has 0 unspecified atom stereocenters. The first kappa shape index (κ1) is 14.8. The van der Waals surface area contributed by atoms with Crippen molar-refractivity contribution in [1.82, 2.24) is 0 Å². The number of allylic oxidation sites excluding steroid dienone is 3. The van der Waals surface area contributed by atoms with Gasteiger partial charge in [0, 0.05) is 5.92 Å². The average molecular weight is 304 g/mol. The Morgan fingerprint density at radius 3 is 2.64 bits per heavy atom. The van der Waals surface area contributed by atoms with Crippen LogP contribution >= 0.6 is 0 Å². The molecule has 22 heavy (non-hydrogen) atoms. The molecule has 0 spiro atoms. The van der Waals surface area contributed by atoms with E-state index in [1.807, 2.05) is 12.2 Å². The molecule has 3 nitrogen and oxygen atoms in total. The molecule has 0 bridgehead atoms. The SMILES string of the molecule is C[C@]12C=C[C@H](O)C[C@H]1C=C(O)[C@@H]1[C@@H]2CC[C@]2(C)[C@@H](O)CC[C@@H]12. The van der Waals surface area contributed by atoms with E-state index in [4.69, 9.17) is 0 Å². The summed E-state index contributed by atoms with van der Waals surface area (Å²) in [6.07, 6.45) is 10.3. The summed E-state index contributed by atoms with van der Waals surface area (Å²) < 4.78 is 0. The van der Waals surface area contributed by atoms with Gasteiger partial charge in [-0.3, -0.25) is 0 Å². The Morgan fingerprint density at radius 2 is 1.86 bits per heavy atom. The fourth-order valence-corrected chi connectivity index (χ4v) is 6.22. The molecule has 0 aromatic heterocycles. The van der Waals surface area contributed by atoms with Crippen LogP contribution in [0.15, 0.2) is 24.0 Å². The molecule has 8 atom stereocenters. The summed E-state index contributed by atoms with van der Waals surface area (Å²) in [6, 6.07) is 0. The molecule has 0 saturated heterocycles. The van der Waals surface area contributed by atoms with Crippen LogP contribution in [-0.2, 0) is 0 Å². The Labute approximate surface area is 132 Å². The second kappa shape index (κ2) is 4.61. The van der Waals surface area contributed by atoms with Crippen LogP contribution in [-0.4, -0.2) is 27.5 Å². The highest BCUT2D eigenvalue weighted by Crippen LogP contribution is 2.64. The van der Waals surface area contributed by atoms with Gasteiger partial charge in [-0.25, -0.2) is 0 Å². The van der Waals surface area contributed by atoms with Crippen molar-refractivity contribution >= 4 is 0 Å². The molecule has 0 amide bonds. The standard InChI is InChI=1S/C19H28O3/c1-18-7-5-12(20)9-11(18)10-15(21)17-13-3-4-16(22)19(13,2)8-6-14(17)18/h5,7,10-14,16-17,20-22H,3-4,6,8-9H2,1-2H3/t11-,12-,13-,14-,16-,17-,18-,19-/m0/s1. The van der Waals surface area contributed by atoms with Gasteiger partial charge < -0.3 is 15.3 Å². The zero-order valence-corrected chi connectivity index (χ0v) is 13.6. The van der Waals surface area contributed by atoms with E-state index < -0.39 is 0 Å². The van der Waals surface area contributed by atoms with Crippen LogP contribution in [0.2, 0.25) is 0 Å². The van der Waals surface area contributed by atoms with Crippen molar-refractivity contribution in [3.63, 3.8) is 0 Å². The number of rotatable bonds is 0. The highest BCUT2D eigenvalue weighted by molar-refractivity contribution is 5.26. The van der Waals surface area contributed by atoms with E-state index in [9.17, 15) is 15.3 Å². The van der Waals surface area contributed by atoms with Crippen molar-refractivity contribution in [1.29, 1.82) is 0 Å². The first-order valence-electron chi connectivity index (χ1n) is 8.82. The highest BCUT2D eigenvalue weighted by Gasteiger charge is 2.60. The normalized spacial score (nSPS) is 56.8. The molecule has 4 rings (SSSR count). The molecule has 0 aromatic carbocycles. The van der Waals surface area contributed by atoms with Crippen LogP contribution in [0.1, 0.15) is 46.0 Å². The molecule has 0 radical (unpaired) electrons. The molecular formula is C19H28O3. The van der Waals surface area contributed by atoms with Crippen molar-refractivity contribution in [2.24, 2.45) is 34.5 Å². The van der Waals surface area contributed by atoms with Crippen LogP contribution in [0.3, 0.4) is 0 Å². The van der Waals surface area contributed by atoms with Gasteiger partial charge in [0.2, 0.25) is 0 Å². The van der Waals surface area contributed by atoms with Gasteiger partial charge in [0.05, 0.1) is 18.0 Å². The minimum atomic E-state index is -0.388. The van der Waals surface area contributed by atoms with Gasteiger partial charge in [-0.1, -0.05) is 26.0 Å². The lowest BCUT2D eigenvalue weighted by Gasteiger charge is -2.57. The molecule has 122 valence electrons. The van der Waals surface area contributed by atoms with E-state index in [2.05, 4.69) is 19.9 Å². The van der Waals surface area contributed by atoms with Crippen LogP contribution < -0.4 is 0 Å². The molecule has 0 heterocycles. The maximum absolute atomic E-state index is 10.8. The molecule has 0 aromatic rings. The fraction of sp³-hybridized carbons (Fsp3) is 0.789. The van der Waals surface area contributed by atoms with Crippen molar-refractivity contribution in [3.05, 3.63) is 24.0 Å². The molecule has 2 fully saturated rings. The van der Waals surface area contributed by atoms with Gasteiger partial charge in [0.15, 0.2) is 0 Å². The molecular weight excluding hydrogens is 276 g/mol. The van der Waals surface area contributed by atoms with Crippen LogP contribution in [0.5, 0.6) is 0 Å². The van der Waals surface area contributed by atoms with Gasteiger partial charge in [-0.2, -0.15) is 0 Å². The van der Waals surface area contributed by atoms with E-state index in [1.54, 1.807) is 0 Å². The first-order valence-corrected chi connectivity index (χ1v) is 8.82. The molecule has 0 aliphatic heterocycles. The quantitative estimate of drug-likeness (QED) is 0.602. The Kier molecular flexibility index (Phi) is 3.09. The zero-order chi connectivity index (χ0) is 15.7. The lowest BCUT2D eigenvalue weighted by Crippen LogP contribution is -2.52. The maximum atomic E-state index is 10.8. The zero-order valence-electron chi connectivity index (χ0n) is 13.6. The third-order valence-corrected chi connectivity index (χ3v) is 7.70. The van der Waals surface area contributed by atoms with E-state index in [-0.39, 0.29) is 34.9 Å². The predicted molar refractivity (Wildman–Crippen MR) is 85.1 cm³/mol.